The van der Waals surface area contributed by atoms with Crippen LogP contribution >= 0.6 is 7.82 Å². The number of carbonyl (C=O) groups is 1. The summed E-state index contributed by atoms with van der Waals surface area (Å²) in [5, 5.41) is 74.2. The van der Waals surface area contributed by atoms with Gasteiger partial charge in [-0.05, 0) is 32.1 Å². The van der Waals surface area contributed by atoms with E-state index >= 15 is 0 Å². The molecule has 354 valence electrons. The van der Waals surface area contributed by atoms with Gasteiger partial charge in [-0.15, -0.1) is 0 Å². The number of phosphoric ester groups is 1. The molecule has 0 bridgehead atoms. The maximum Gasteiger partial charge on any atom is 0.472 e. The molecule has 9 N–H and O–H groups in total. The van der Waals surface area contributed by atoms with Crippen molar-refractivity contribution in [1.29, 1.82) is 0 Å². The minimum atomic E-state index is -5.14. The molecule has 13 nitrogen and oxygen atoms in total. The molecule has 0 heterocycles. The highest BCUT2D eigenvalue weighted by Gasteiger charge is 2.51. The zero-order valence-electron chi connectivity index (χ0n) is 37.4. The van der Waals surface area contributed by atoms with Gasteiger partial charge in [-0.25, -0.2) is 4.57 Å². The van der Waals surface area contributed by atoms with Gasteiger partial charge in [0.15, 0.2) is 0 Å². The van der Waals surface area contributed by atoms with E-state index < -0.39 is 75.2 Å². The van der Waals surface area contributed by atoms with Crippen molar-refractivity contribution in [2.24, 2.45) is 0 Å². The molecule has 8 unspecified atom stereocenters. The number of hydrogen-bond acceptors (Lipinski definition) is 11. The second-order valence-electron chi connectivity index (χ2n) is 17.1. The predicted molar refractivity (Wildman–Crippen MR) is 238 cm³/mol. The van der Waals surface area contributed by atoms with Crippen molar-refractivity contribution in [3.63, 3.8) is 0 Å². The monoisotopic (exact) mass is 878 g/mol. The number of nitrogens with one attached hydrogen (secondary N) is 1. The molecule has 0 radical (unpaired) electrons. The molecular formula is C46H88NO12P. The largest absolute Gasteiger partial charge is 0.472 e. The van der Waals surface area contributed by atoms with Gasteiger partial charge in [-0.3, -0.25) is 13.8 Å². The fraction of sp³-hybridized carbons (Fsp3) is 0.891. The molecule has 1 rings (SSSR count). The number of phosphoric acid groups is 1. The van der Waals surface area contributed by atoms with Crippen LogP contribution in [0.5, 0.6) is 0 Å². The van der Waals surface area contributed by atoms with Crippen molar-refractivity contribution in [1.82, 2.24) is 5.32 Å². The first-order chi connectivity index (χ1) is 28.8. The summed E-state index contributed by atoms with van der Waals surface area (Å²) < 4.78 is 22.8. The SMILES string of the molecule is CCCCC/C=C/CC/C=C/C(O)C(COP(=O)(O)OC1C(O)C(O)C(O)C(O)C1O)NC(=O)CC(O)CCCCCCCCCCCCCCCCCCCCCCC. The average molecular weight is 878 g/mol. The van der Waals surface area contributed by atoms with E-state index in [-0.39, 0.29) is 6.42 Å². The molecule has 60 heavy (non-hydrogen) atoms. The highest BCUT2D eigenvalue weighted by molar-refractivity contribution is 7.47. The van der Waals surface area contributed by atoms with E-state index in [0.717, 1.165) is 51.4 Å². The van der Waals surface area contributed by atoms with Gasteiger partial charge in [-0.2, -0.15) is 0 Å². The van der Waals surface area contributed by atoms with Crippen LogP contribution in [0.2, 0.25) is 0 Å². The zero-order valence-corrected chi connectivity index (χ0v) is 38.3. The second-order valence-corrected chi connectivity index (χ2v) is 18.5. The third kappa shape index (κ3) is 27.8. The maximum atomic E-state index is 13.0. The van der Waals surface area contributed by atoms with Crippen LogP contribution in [-0.2, 0) is 18.4 Å². The maximum absolute atomic E-state index is 13.0. The van der Waals surface area contributed by atoms with Crippen molar-refractivity contribution in [3.8, 4) is 0 Å². The van der Waals surface area contributed by atoms with Gasteiger partial charge in [0.05, 0.1) is 31.3 Å². The summed E-state index contributed by atoms with van der Waals surface area (Å²) in [4.78, 5) is 23.4. The van der Waals surface area contributed by atoms with Gasteiger partial charge >= 0.3 is 7.82 Å². The molecule has 14 heteroatoms. The topological polar surface area (TPSA) is 226 Å². The molecule has 0 saturated heterocycles. The van der Waals surface area contributed by atoms with Crippen LogP contribution in [0.1, 0.15) is 200 Å². The Labute approximate surface area is 363 Å². The van der Waals surface area contributed by atoms with E-state index in [1.807, 2.05) is 0 Å². The summed E-state index contributed by atoms with van der Waals surface area (Å²) in [6.45, 7) is 3.67. The molecule has 1 aliphatic carbocycles. The van der Waals surface area contributed by atoms with Crippen molar-refractivity contribution in [2.75, 3.05) is 6.61 Å². The van der Waals surface area contributed by atoms with Gasteiger partial charge in [0.25, 0.3) is 0 Å². The van der Waals surface area contributed by atoms with Crippen LogP contribution in [0, 0.1) is 0 Å². The third-order valence-electron chi connectivity index (χ3n) is 11.5. The van der Waals surface area contributed by atoms with E-state index in [1.54, 1.807) is 6.08 Å². The van der Waals surface area contributed by atoms with Crippen molar-refractivity contribution in [3.05, 3.63) is 24.3 Å². The van der Waals surface area contributed by atoms with Crippen LogP contribution < -0.4 is 5.32 Å². The molecule has 0 aromatic heterocycles. The number of carbonyl (C=O) groups excluding carboxylic acids is 1. The summed E-state index contributed by atoms with van der Waals surface area (Å²) >= 11 is 0. The first-order valence-corrected chi connectivity index (χ1v) is 25.4. The lowest BCUT2D eigenvalue weighted by molar-refractivity contribution is -0.220. The molecule has 1 amide bonds. The molecule has 0 spiro atoms. The van der Waals surface area contributed by atoms with E-state index in [1.165, 1.54) is 122 Å². The lowest BCUT2D eigenvalue weighted by Gasteiger charge is -2.41. The molecule has 1 aliphatic rings. The molecule has 1 fully saturated rings. The molecule has 8 atom stereocenters. The minimum Gasteiger partial charge on any atom is -0.393 e. The van der Waals surface area contributed by atoms with Crippen molar-refractivity contribution >= 4 is 13.7 Å². The Morgan fingerprint density at radius 2 is 0.983 bits per heavy atom. The highest BCUT2D eigenvalue weighted by Crippen LogP contribution is 2.47. The molecule has 1 saturated carbocycles. The second kappa shape index (κ2) is 36.2. The third-order valence-corrected chi connectivity index (χ3v) is 12.5. The smallest absolute Gasteiger partial charge is 0.393 e. The summed E-state index contributed by atoms with van der Waals surface area (Å²) in [5.74, 6) is -0.603. The Kier molecular flexibility index (Phi) is 34.2. The van der Waals surface area contributed by atoms with Crippen molar-refractivity contribution in [2.45, 2.75) is 255 Å². The first-order valence-electron chi connectivity index (χ1n) is 23.9. The van der Waals surface area contributed by atoms with Gasteiger partial charge < -0.3 is 46.0 Å². The van der Waals surface area contributed by atoms with Gasteiger partial charge in [0, 0.05) is 0 Å². The number of allylic oxidation sites excluding steroid dienone is 3. The van der Waals surface area contributed by atoms with Gasteiger partial charge in [0.1, 0.15) is 36.6 Å². The molecule has 0 aromatic rings. The van der Waals surface area contributed by atoms with E-state index in [9.17, 15) is 50.0 Å². The number of hydrogen-bond donors (Lipinski definition) is 9. The fourth-order valence-electron chi connectivity index (χ4n) is 7.61. The zero-order chi connectivity index (χ0) is 44.4. The van der Waals surface area contributed by atoms with E-state index in [4.69, 9.17) is 9.05 Å². The first kappa shape index (κ1) is 56.8. The fourth-order valence-corrected chi connectivity index (χ4v) is 8.58. The minimum absolute atomic E-state index is 0.249. The van der Waals surface area contributed by atoms with Crippen LogP contribution in [0.15, 0.2) is 24.3 Å². The number of unbranched alkanes of at least 4 members (excludes halogenated alkanes) is 24. The Bertz CT molecular complexity index is 1130. The number of rotatable bonds is 39. The van der Waals surface area contributed by atoms with E-state index in [2.05, 4.69) is 31.3 Å². The lowest BCUT2D eigenvalue weighted by atomic mass is 9.85. The lowest BCUT2D eigenvalue weighted by Crippen LogP contribution is -2.64. The standard InChI is InChI=1S/C46H88NO12P/c1-3-5-7-9-11-13-14-15-16-17-18-19-20-21-22-23-24-26-27-29-31-33-37(48)35-40(50)47-38(39(49)34-32-30-28-25-12-10-8-6-4-2)36-58-60(56,57)59-46-44(54)42(52)41(51)43(53)45(46)55/h12,25,32,34,37-39,41-46,48-49,51-55H,3-11,13-24,26-31,33,35-36H2,1-2H3,(H,47,50)(H,56,57)/b25-12+,34-32+. The highest BCUT2D eigenvalue weighted by atomic mass is 31.2. The van der Waals surface area contributed by atoms with E-state index in [0.29, 0.717) is 12.8 Å². The molecular weight excluding hydrogens is 789 g/mol. The van der Waals surface area contributed by atoms with Crippen molar-refractivity contribution < 1.29 is 59.0 Å². The number of aliphatic hydroxyl groups is 7. The van der Waals surface area contributed by atoms with Crippen LogP contribution in [0.3, 0.4) is 0 Å². The summed E-state index contributed by atoms with van der Waals surface area (Å²) in [6.07, 6.45) is 25.9. The van der Waals surface area contributed by atoms with Crippen LogP contribution in [0.25, 0.3) is 0 Å². The number of amides is 1. The Balaban J connectivity index is 2.41. The summed E-state index contributed by atoms with van der Waals surface area (Å²) in [5.41, 5.74) is 0. The Morgan fingerprint density at radius 1 is 0.583 bits per heavy atom. The van der Waals surface area contributed by atoms with Gasteiger partial charge in [0.2, 0.25) is 5.91 Å². The normalized spacial score (nSPS) is 23.6. The number of aliphatic hydroxyl groups excluding tert-OH is 7. The van der Waals surface area contributed by atoms with Gasteiger partial charge in [-0.1, -0.05) is 186 Å². The molecule has 0 aromatic carbocycles. The predicted octanol–water partition coefficient (Wildman–Crippen LogP) is 7.98. The quantitative estimate of drug-likeness (QED) is 0.0163. The summed E-state index contributed by atoms with van der Waals surface area (Å²) in [7, 11) is -5.14. The Hall–Kier alpha value is -1.22. The molecule has 0 aliphatic heterocycles. The summed E-state index contributed by atoms with van der Waals surface area (Å²) in [6, 6.07) is -1.25. The average Bonchev–Trinajstić information content (AvgIpc) is 3.22. The van der Waals surface area contributed by atoms with Crippen LogP contribution in [-0.4, -0.2) is 108 Å². The Morgan fingerprint density at radius 3 is 1.47 bits per heavy atom. The van der Waals surface area contributed by atoms with Crippen LogP contribution in [0.4, 0.5) is 0 Å².